The van der Waals surface area contributed by atoms with E-state index in [4.69, 9.17) is 0 Å². The van der Waals surface area contributed by atoms with E-state index in [1.54, 1.807) is 0 Å². The van der Waals surface area contributed by atoms with E-state index in [0.717, 1.165) is 37.7 Å². The first-order valence-corrected chi connectivity index (χ1v) is 10.6. The average molecular weight is 351 g/mol. The molecule has 1 aliphatic heterocycles. The van der Waals surface area contributed by atoms with Gasteiger partial charge in [0.1, 0.15) is 0 Å². The SMILES string of the molecule is CN=C(NCC1(O)CCCCC1)NC1CCN(C2CCCCC2)CC1. The first-order chi connectivity index (χ1) is 12.2. The summed E-state index contributed by atoms with van der Waals surface area (Å²) in [6.45, 7) is 3.04. The smallest absolute Gasteiger partial charge is 0.191 e. The molecule has 0 aromatic carbocycles. The van der Waals surface area contributed by atoms with Crippen LogP contribution in [0.1, 0.15) is 77.0 Å². The van der Waals surface area contributed by atoms with Gasteiger partial charge in [0.15, 0.2) is 5.96 Å². The molecule has 1 saturated heterocycles. The number of likely N-dealkylation sites (tertiary alicyclic amines) is 1. The third-order valence-corrected chi connectivity index (χ3v) is 6.55. The molecule has 0 amide bonds. The fourth-order valence-corrected chi connectivity index (χ4v) is 4.88. The highest BCUT2D eigenvalue weighted by Gasteiger charge is 2.30. The van der Waals surface area contributed by atoms with Crippen molar-refractivity contribution in [1.82, 2.24) is 15.5 Å². The summed E-state index contributed by atoms with van der Waals surface area (Å²) in [6.07, 6.45) is 14.8. The molecule has 3 aliphatic rings. The summed E-state index contributed by atoms with van der Waals surface area (Å²) < 4.78 is 0. The lowest BCUT2D eigenvalue weighted by Gasteiger charge is -2.40. The van der Waals surface area contributed by atoms with Crippen LogP contribution in [0.4, 0.5) is 0 Å². The molecule has 0 spiro atoms. The minimum atomic E-state index is -0.541. The topological polar surface area (TPSA) is 59.9 Å². The van der Waals surface area contributed by atoms with Crippen LogP contribution in [0.3, 0.4) is 0 Å². The van der Waals surface area contributed by atoms with Gasteiger partial charge in [-0.2, -0.15) is 0 Å². The van der Waals surface area contributed by atoms with Crippen molar-refractivity contribution in [2.24, 2.45) is 4.99 Å². The van der Waals surface area contributed by atoms with Crippen LogP contribution in [0.5, 0.6) is 0 Å². The average Bonchev–Trinajstić information content (AvgIpc) is 2.67. The highest BCUT2D eigenvalue weighted by Crippen LogP contribution is 2.27. The predicted octanol–water partition coefficient (Wildman–Crippen LogP) is 2.64. The number of piperidine rings is 1. The van der Waals surface area contributed by atoms with Crippen molar-refractivity contribution < 1.29 is 5.11 Å². The van der Waals surface area contributed by atoms with E-state index in [1.807, 2.05) is 7.05 Å². The summed E-state index contributed by atoms with van der Waals surface area (Å²) in [6, 6.07) is 1.35. The predicted molar refractivity (Wildman–Crippen MR) is 104 cm³/mol. The summed E-state index contributed by atoms with van der Waals surface area (Å²) in [5.74, 6) is 0.857. The molecule has 0 radical (unpaired) electrons. The van der Waals surface area contributed by atoms with Crippen molar-refractivity contribution in [3.05, 3.63) is 0 Å². The monoisotopic (exact) mass is 350 g/mol. The molecule has 2 saturated carbocycles. The quantitative estimate of drug-likeness (QED) is 0.539. The van der Waals surface area contributed by atoms with Crippen molar-refractivity contribution in [2.75, 3.05) is 26.7 Å². The Hall–Kier alpha value is -0.810. The number of rotatable bonds is 4. The minimum absolute atomic E-state index is 0.507. The van der Waals surface area contributed by atoms with Crippen LogP contribution in [-0.4, -0.2) is 60.3 Å². The maximum Gasteiger partial charge on any atom is 0.191 e. The van der Waals surface area contributed by atoms with Crippen molar-refractivity contribution >= 4 is 5.96 Å². The molecule has 1 heterocycles. The number of nitrogens with one attached hydrogen (secondary N) is 2. The molecule has 0 bridgehead atoms. The highest BCUT2D eigenvalue weighted by atomic mass is 16.3. The Morgan fingerprint density at radius 2 is 1.64 bits per heavy atom. The molecule has 0 aromatic rings. The van der Waals surface area contributed by atoms with E-state index >= 15 is 0 Å². The third kappa shape index (κ3) is 5.58. The third-order valence-electron chi connectivity index (χ3n) is 6.55. The maximum absolute atomic E-state index is 10.6. The van der Waals surface area contributed by atoms with Crippen molar-refractivity contribution in [3.8, 4) is 0 Å². The van der Waals surface area contributed by atoms with E-state index in [0.29, 0.717) is 12.6 Å². The van der Waals surface area contributed by atoms with E-state index in [9.17, 15) is 5.11 Å². The summed E-state index contributed by atoms with van der Waals surface area (Å²) in [5.41, 5.74) is -0.541. The maximum atomic E-state index is 10.6. The lowest BCUT2D eigenvalue weighted by atomic mass is 9.85. The van der Waals surface area contributed by atoms with E-state index < -0.39 is 5.60 Å². The van der Waals surface area contributed by atoms with Crippen molar-refractivity contribution in [3.63, 3.8) is 0 Å². The molecule has 2 aliphatic carbocycles. The van der Waals surface area contributed by atoms with Gasteiger partial charge in [-0.15, -0.1) is 0 Å². The first-order valence-electron chi connectivity index (χ1n) is 10.6. The van der Waals surface area contributed by atoms with E-state index in [1.165, 1.54) is 64.5 Å². The van der Waals surface area contributed by atoms with Gasteiger partial charge in [-0.05, 0) is 38.5 Å². The fourth-order valence-electron chi connectivity index (χ4n) is 4.88. The highest BCUT2D eigenvalue weighted by molar-refractivity contribution is 5.80. The Balaban J connectivity index is 1.39. The van der Waals surface area contributed by atoms with Gasteiger partial charge in [-0.3, -0.25) is 4.99 Å². The van der Waals surface area contributed by atoms with Crippen molar-refractivity contribution in [2.45, 2.75) is 94.7 Å². The van der Waals surface area contributed by atoms with Crippen LogP contribution in [0.15, 0.2) is 4.99 Å². The molecule has 25 heavy (non-hydrogen) atoms. The molecule has 0 atom stereocenters. The lowest BCUT2D eigenvalue weighted by molar-refractivity contribution is 0.00851. The standard InChI is InChI=1S/C20H38N4O/c1-21-19(22-16-20(25)12-6-3-7-13-20)23-17-10-14-24(15-11-17)18-8-4-2-5-9-18/h17-18,25H,2-16H2,1H3,(H2,21,22,23). The Morgan fingerprint density at radius 1 is 1.00 bits per heavy atom. The molecule has 0 aromatic heterocycles. The largest absolute Gasteiger partial charge is 0.388 e. The number of hydrogen-bond donors (Lipinski definition) is 3. The first kappa shape index (κ1) is 19.0. The second-order valence-corrected chi connectivity index (χ2v) is 8.46. The van der Waals surface area contributed by atoms with E-state index in [2.05, 4.69) is 20.5 Å². The van der Waals surface area contributed by atoms with Gasteiger partial charge in [-0.25, -0.2) is 0 Å². The Bertz CT molecular complexity index is 419. The normalized spacial score (nSPS) is 27.2. The minimum Gasteiger partial charge on any atom is -0.388 e. The fraction of sp³-hybridized carbons (Fsp3) is 0.950. The van der Waals surface area contributed by atoms with Crippen LogP contribution in [0.25, 0.3) is 0 Å². The van der Waals surface area contributed by atoms with Gasteiger partial charge in [0, 0.05) is 38.8 Å². The summed E-state index contributed by atoms with van der Waals surface area (Å²) in [4.78, 5) is 7.10. The van der Waals surface area contributed by atoms with Gasteiger partial charge < -0.3 is 20.6 Å². The number of guanidine groups is 1. The van der Waals surface area contributed by atoms with Gasteiger partial charge in [0.25, 0.3) is 0 Å². The summed E-state index contributed by atoms with van der Waals surface area (Å²) in [7, 11) is 1.83. The molecule has 0 unspecified atom stereocenters. The molecule has 144 valence electrons. The number of aliphatic hydroxyl groups is 1. The number of hydrogen-bond acceptors (Lipinski definition) is 3. The van der Waals surface area contributed by atoms with Crippen LogP contribution in [0, 0.1) is 0 Å². The zero-order valence-electron chi connectivity index (χ0n) is 16.1. The molecular weight excluding hydrogens is 312 g/mol. The van der Waals surface area contributed by atoms with Gasteiger partial charge in [0.2, 0.25) is 0 Å². The molecule has 3 N–H and O–H groups in total. The van der Waals surface area contributed by atoms with E-state index in [-0.39, 0.29) is 0 Å². The summed E-state index contributed by atoms with van der Waals surface area (Å²) in [5, 5.41) is 17.6. The Kier molecular flexibility index (Phi) is 7.00. The second-order valence-electron chi connectivity index (χ2n) is 8.46. The molecule has 5 nitrogen and oxygen atoms in total. The van der Waals surface area contributed by atoms with Crippen LogP contribution in [-0.2, 0) is 0 Å². The number of aliphatic imine (C=N–C) groups is 1. The van der Waals surface area contributed by atoms with Crippen LogP contribution < -0.4 is 10.6 Å². The number of nitrogens with zero attached hydrogens (tertiary/aromatic N) is 2. The second kappa shape index (κ2) is 9.22. The zero-order valence-corrected chi connectivity index (χ0v) is 16.1. The Morgan fingerprint density at radius 3 is 2.28 bits per heavy atom. The zero-order chi connectivity index (χ0) is 17.5. The molecular formula is C20H38N4O. The van der Waals surface area contributed by atoms with Gasteiger partial charge in [0.05, 0.1) is 5.60 Å². The Labute approximate surface area is 153 Å². The molecule has 3 rings (SSSR count). The molecule has 3 fully saturated rings. The van der Waals surface area contributed by atoms with Crippen LogP contribution in [0.2, 0.25) is 0 Å². The van der Waals surface area contributed by atoms with Gasteiger partial charge in [-0.1, -0.05) is 38.5 Å². The summed E-state index contributed by atoms with van der Waals surface area (Å²) >= 11 is 0. The van der Waals surface area contributed by atoms with Crippen LogP contribution >= 0.6 is 0 Å². The lowest BCUT2D eigenvalue weighted by Crippen LogP contribution is -2.53. The molecule has 5 heteroatoms. The van der Waals surface area contributed by atoms with Gasteiger partial charge >= 0.3 is 0 Å². The van der Waals surface area contributed by atoms with Crippen molar-refractivity contribution in [1.29, 1.82) is 0 Å².